The number of hydrogen-bond acceptors (Lipinski definition) is 3. The maximum absolute atomic E-state index is 6.17. The van der Waals surface area contributed by atoms with Gasteiger partial charge in [0.1, 0.15) is 0 Å². The van der Waals surface area contributed by atoms with Crippen LogP contribution >= 0.6 is 35.0 Å². The average molecular weight is 327 g/mol. The molecule has 0 saturated heterocycles. The first-order chi connectivity index (χ1) is 9.69. The fourth-order valence-corrected chi connectivity index (χ4v) is 3.31. The first kappa shape index (κ1) is 15.7. The number of nitrogens with two attached hydrogens (primary N) is 1. The zero-order valence-corrected chi connectivity index (χ0v) is 13.2. The maximum Gasteiger partial charge on any atom is 0.0438 e. The van der Waals surface area contributed by atoms with Crippen LogP contribution in [0.4, 0.5) is 0 Å². The van der Waals surface area contributed by atoms with Crippen LogP contribution in [-0.4, -0.2) is 11.8 Å². The molecule has 0 saturated carbocycles. The lowest BCUT2D eigenvalue weighted by atomic mass is 10.1. The van der Waals surface area contributed by atoms with E-state index in [2.05, 4.69) is 5.43 Å². The SMILES string of the molecule is NNC(CSc1cccc(Cl)c1)Cc1ccccc1Cl. The van der Waals surface area contributed by atoms with Crippen molar-refractivity contribution in [3.05, 3.63) is 64.1 Å². The van der Waals surface area contributed by atoms with E-state index < -0.39 is 0 Å². The summed E-state index contributed by atoms with van der Waals surface area (Å²) in [6, 6.07) is 15.8. The molecule has 0 spiro atoms. The Bertz CT molecular complexity index is 563. The molecule has 0 fully saturated rings. The summed E-state index contributed by atoms with van der Waals surface area (Å²) in [6.45, 7) is 0. The van der Waals surface area contributed by atoms with E-state index >= 15 is 0 Å². The fourth-order valence-electron chi connectivity index (χ4n) is 1.85. The van der Waals surface area contributed by atoms with Crippen LogP contribution in [0.25, 0.3) is 0 Å². The Hall–Kier alpha value is -0.710. The zero-order valence-electron chi connectivity index (χ0n) is 10.9. The number of hydrazine groups is 1. The second-order valence-corrected chi connectivity index (χ2v) is 6.36. The van der Waals surface area contributed by atoms with Gasteiger partial charge in [0.2, 0.25) is 0 Å². The third kappa shape index (κ3) is 4.69. The van der Waals surface area contributed by atoms with Gasteiger partial charge in [-0.25, -0.2) is 0 Å². The van der Waals surface area contributed by atoms with Crippen molar-refractivity contribution in [2.75, 3.05) is 5.75 Å². The standard InChI is InChI=1S/C15H16Cl2N2S/c16-12-5-3-6-14(9-12)20-10-13(19-18)8-11-4-1-2-7-15(11)17/h1-7,9,13,19H,8,10,18H2. The van der Waals surface area contributed by atoms with Gasteiger partial charge in [0.05, 0.1) is 0 Å². The molecule has 2 aromatic rings. The Morgan fingerprint density at radius 3 is 2.60 bits per heavy atom. The third-order valence-corrected chi connectivity index (χ3v) is 4.67. The molecule has 0 aliphatic carbocycles. The molecule has 1 unspecified atom stereocenters. The summed E-state index contributed by atoms with van der Waals surface area (Å²) in [7, 11) is 0. The Morgan fingerprint density at radius 1 is 1.10 bits per heavy atom. The first-order valence-electron chi connectivity index (χ1n) is 6.27. The zero-order chi connectivity index (χ0) is 14.4. The molecule has 1 atom stereocenters. The molecule has 5 heteroatoms. The molecule has 106 valence electrons. The van der Waals surface area contributed by atoms with Crippen molar-refractivity contribution in [3.8, 4) is 0 Å². The molecule has 0 amide bonds. The molecule has 3 N–H and O–H groups in total. The normalized spacial score (nSPS) is 12.3. The quantitative estimate of drug-likeness (QED) is 0.475. The second-order valence-electron chi connectivity index (χ2n) is 4.43. The lowest BCUT2D eigenvalue weighted by molar-refractivity contribution is 0.575. The summed E-state index contributed by atoms with van der Waals surface area (Å²) in [6.07, 6.45) is 0.795. The van der Waals surface area contributed by atoms with Crippen LogP contribution in [0.15, 0.2) is 53.4 Å². The molecule has 2 nitrogen and oxygen atoms in total. The van der Waals surface area contributed by atoms with E-state index in [1.165, 1.54) is 0 Å². The van der Waals surface area contributed by atoms with Gasteiger partial charge in [0, 0.05) is 26.7 Å². The highest BCUT2D eigenvalue weighted by molar-refractivity contribution is 7.99. The van der Waals surface area contributed by atoms with Crippen molar-refractivity contribution in [1.29, 1.82) is 0 Å². The van der Waals surface area contributed by atoms with Crippen molar-refractivity contribution >= 4 is 35.0 Å². The molecule has 0 radical (unpaired) electrons. The summed E-state index contributed by atoms with van der Waals surface area (Å²) in [5.74, 6) is 6.48. The fraction of sp³-hybridized carbons (Fsp3) is 0.200. The Kier molecular flexibility index (Phi) is 6.20. The summed E-state index contributed by atoms with van der Waals surface area (Å²) < 4.78 is 0. The monoisotopic (exact) mass is 326 g/mol. The average Bonchev–Trinajstić information content (AvgIpc) is 2.45. The minimum absolute atomic E-state index is 0.152. The van der Waals surface area contributed by atoms with Crippen LogP contribution in [0.5, 0.6) is 0 Å². The van der Waals surface area contributed by atoms with E-state index in [9.17, 15) is 0 Å². The van der Waals surface area contributed by atoms with Crippen molar-refractivity contribution in [1.82, 2.24) is 5.43 Å². The van der Waals surface area contributed by atoms with Crippen molar-refractivity contribution in [2.24, 2.45) is 5.84 Å². The van der Waals surface area contributed by atoms with Crippen LogP contribution in [-0.2, 0) is 6.42 Å². The van der Waals surface area contributed by atoms with Gasteiger partial charge in [-0.05, 0) is 36.2 Å². The van der Waals surface area contributed by atoms with Gasteiger partial charge < -0.3 is 0 Å². The van der Waals surface area contributed by atoms with E-state index in [4.69, 9.17) is 29.0 Å². The van der Waals surface area contributed by atoms with Gasteiger partial charge in [-0.3, -0.25) is 11.3 Å². The molecule has 0 bridgehead atoms. The predicted molar refractivity (Wildman–Crippen MR) is 88.4 cm³/mol. The van der Waals surface area contributed by atoms with Gasteiger partial charge in [-0.15, -0.1) is 11.8 Å². The molecule has 0 aliphatic rings. The van der Waals surface area contributed by atoms with Crippen LogP contribution in [0.1, 0.15) is 5.56 Å². The first-order valence-corrected chi connectivity index (χ1v) is 8.01. The predicted octanol–water partition coefficient (Wildman–Crippen LogP) is 4.16. The van der Waals surface area contributed by atoms with E-state index in [0.29, 0.717) is 0 Å². The number of rotatable bonds is 6. The molecule has 0 heterocycles. The topological polar surface area (TPSA) is 38.0 Å². The van der Waals surface area contributed by atoms with Crippen LogP contribution in [0, 0.1) is 0 Å². The molecule has 20 heavy (non-hydrogen) atoms. The van der Waals surface area contributed by atoms with Crippen molar-refractivity contribution in [2.45, 2.75) is 17.4 Å². The van der Waals surface area contributed by atoms with Gasteiger partial charge in [-0.1, -0.05) is 47.5 Å². The largest absolute Gasteiger partial charge is 0.271 e. The van der Waals surface area contributed by atoms with E-state index in [0.717, 1.165) is 32.7 Å². The van der Waals surface area contributed by atoms with Crippen molar-refractivity contribution in [3.63, 3.8) is 0 Å². The van der Waals surface area contributed by atoms with Crippen LogP contribution < -0.4 is 11.3 Å². The van der Waals surface area contributed by atoms with Crippen LogP contribution in [0.3, 0.4) is 0 Å². The molecule has 2 aromatic carbocycles. The second kappa shape index (κ2) is 7.91. The van der Waals surface area contributed by atoms with Crippen molar-refractivity contribution < 1.29 is 0 Å². The Balaban J connectivity index is 1.94. The highest BCUT2D eigenvalue weighted by atomic mass is 35.5. The summed E-state index contributed by atoms with van der Waals surface area (Å²) >= 11 is 13.9. The number of nitrogens with one attached hydrogen (secondary N) is 1. The third-order valence-electron chi connectivity index (χ3n) is 2.91. The molecular formula is C15H16Cl2N2S. The lowest BCUT2D eigenvalue weighted by Crippen LogP contribution is -2.38. The minimum atomic E-state index is 0.152. The molecule has 2 rings (SSSR count). The number of halogens is 2. The Morgan fingerprint density at radius 2 is 1.90 bits per heavy atom. The smallest absolute Gasteiger partial charge is 0.0438 e. The number of thioether (sulfide) groups is 1. The van der Waals surface area contributed by atoms with E-state index in [-0.39, 0.29) is 6.04 Å². The molecular weight excluding hydrogens is 311 g/mol. The van der Waals surface area contributed by atoms with E-state index in [1.54, 1.807) is 11.8 Å². The summed E-state index contributed by atoms with van der Waals surface area (Å²) in [5, 5.41) is 1.53. The van der Waals surface area contributed by atoms with Gasteiger partial charge in [0.25, 0.3) is 0 Å². The highest BCUT2D eigenvalue weighted by Crippen LogP contribution is 2.24. The molecule has 0 aromatic heterocycles. The summed E-state index contributed by atoms with van der Waals surface area (Å²) in [5.41, 5.74) is 3.95. The highest BCUT2D eigenvalue weighted by Gasteiger charge is 2.10. The lowest BCUT2D eigenvalue weighted by Gasteiger charge is -2.16. The number of hydrogen-bond donors (Lipinski definition) is 2. The number of benzene rings is 2. The van der Waals surface area contributed by atoms with E-state index in [1.807, 2.05) is 48.5 Å². The van der Waals surface area contributed by atoms with Gasteiger partial charge in [0.15, 0.2) is 0 Å². The Labute approximate surface area is 133 Å². The summed E-state index contributed by atoms with van der Waals surface area (Å²) in [4.78, 5) is 1.14. The minimum Gasteiger partial charge on any atom is -0.271 e. The van der Waals surface area contributed by atoms with Gasteiger partial charge in [-0.2, -0.15) is 0 Å². The molecule has 0 aliphatic heterocycles. The maximum atomic E-state index is 6.17. The van der Waals surface area contributed by atoms with Gasteiger partial charge >= 0.3 is 0 Å². The van der Waals surface area contributed by atoms with Crippen LogP contribution in [0.2, 0.25) is 10.0 Å².